The summed E-state index contributed by atoms with van der Waals surface area (Å²) >= 11 is 0. The number of carbonyl (C=O) groups excluding carboxylic acids is 1. The number of rotatable bonds is 8. The van der Waals surface area contributed by atoms with E-state index in [2.05, 4.69) is 10.0 Å². The molecule has 1 aliphatic rings. The smallest absolute Gasteiger partial charge is 0.241 e. The number of sulfonamides is 1. The predicted molar refractivity (Wildman–Crippen MR) is 107 cm³/mol. The van der Waals surface area contributed by atoms with Gasteiger partial charge in [-0.15, -0.1) is 0 Å². The lowest BCUT2D eigenvalue weighted by Gasteiger charge is -2.20. The SMILES string of the molecule is Cc1ccc(S(=O)(=O)N[C@@H](Cc2ccccc2)C(=O)NC[C@H]2CCCO2)cc1. The Balaban J connectivity index is 1.74. The molecule has 1 saturated heterocycles. The van der Waals surface area contributed by atoms with Crippen LogP contribution in [-0.4, -0.2) is 39.6 Å². The molecule has 1 amide bonds. The van der Waals surface area contributed by atoms with E-state index in [4.69, 9.17) is 4.74 Å². The van der Waals surface area contributed by atoms with Crippen molar-refractivity contribution in [3.05, 3.63) is 65.7 Å². The van der Waals surface area contributed by atoms with E-state index < -0.39 is 16.1 Å². The average molecular weight is 403 g/mol. The first kappa shape index (κ1) is 20.5. The summed E-state index contributed by atoms with van der Waals surface area (Å²) in [5, 5.41) is 2.84. The third-order valence-electron chi connectivity index (χ3n) is 4.76. The molecule has 1 aliphatic heterocycles. The highest BCUT2D eigenvalue weighted by molar-refractivity contribution is 7.89. The summed E-state index contributed by atoms with van der Waals surface area (Å²) in [7, 11) is -3.82. The van der Waals surface area contributed by atoms with Crippen LogP contribution in [0.4, 0.5) is 0 Å². The van der Waals surface area contributed by atoms with Gasteiger partial charge in [0, 0.05) is 13.2 Å². The molecule has 1 fully saturated rings. The van der Waals surface area contributed by atoms with E-state index in [1.807, 2.05) is 37.3 Å². The number of benzene rings is 2. The highest BCUT2D eigenvalue weighted by atomic mass is 32.2. The Kier molecular flexibility index (Phi) is 6.83. The van der Waals surface area contributed by atoms with Crippen molar-refractivity contribution in [1.82, 2.24) is 10.0 Å². The summed E-state index contributed by atoms with van der Waals surface area (Å²) in [6.07, 6.45) is 2.14. The van der Waals surface area contributed by atoms with Crippen molar-refractivity contribution in [3.63, 3.8) is 0 Å². The van der Waals surface area contributed by atoms with Crippen LogP contribution >= 0.6 is 0 Å². The summed E-state index contributed by atoms with van der Waals surface area (Å²) in [5.41, 5.74) is 1.85. The lowest BCUT2D eigenvalue weighted by molar-refractivity contribution is -0.123. The number of hydrogen-bond donors (Lipinski definition) is 2. The van der Waals surface area contributed by atoms with Crippen LogP contribution in [-0.2, 0) is 26.0 Å². The standard InChI is InChI=1S/C21H26N2O4S/c1-16-9-11-19(12-10-16)28(25,26)23-20(14-17-6-3-2-4-7-17)21(24)22-15-18-8-5-13-27-18/h2-4,6-7,9-12,18,20,23H,5,8,13-15H2,1H3,(H,22,24)/t18-,20+/m1/s1. The molecular formula is C21H26N2O4S. The first-order valence-corrected chi connectivity index (χ1v) is 10.9. The minimum Gasteiger partial charge on any atom is -0.376 e. The van der Waals surface area contributed by atoms with E-state index in [0.717, 1.165) is 24.0 Å². The van der Waals surface area contributed by atoms with Crippen LogP contribution in [0.25, 0.3) is 0 Å². The third-order valence-corrected chi connectivity index (χ3v) is 6.24. The second-order valence-electron chi connectivity index (χ2n) is 7.06. The Morgan fingerprint density at radius 2 is 1.86 bits per heavy atom. The first-order chi connectivity index (χ1) is 13.4. The van der Waals surface area contributed by atoms with E-state index >= 15 is 0 Å². The molecule has 0 bridgehead atoms. The van der Waals surface area contributed by atoms with Crippen LogP contribution in [0.1, 0.15) is 24.0 Å². The predicted octanol–water partition coefficient (Wildman–Crippen LogP) is 2.18. The van der Waals surface area contributed by atoms with Crippen molar-refractivity contribution in [1.29, 1.82) is 0 Å². The first-order valence-electron chi connectivity index (χ1n) is 9.46. The van der Waals surface area contributed by atoms with Crippen LogP contribution in [0.2, 0.25) is 0 Å². The van der Waals surface area contributed by atoms with Gasteiger partial charge in [-0.2, -0.15) is 4.72 Å². The topological polar surface area (TPSA) is 84.5 Å². The molecule has 6 nitrogen and oxygen atoms in total. The number of ether oxygens (including phenoxy) is 1. The van der Waals surface area contributed by atoms with Crippen molar-refractivity contribution in [2.24, 2.45) is 0 Å². The fraction of sp³-hybridized carbons (Fsp3) is 0.381. The summed E-state index contributed by atoms with van der Waals surface area (Å²) in [6.45, 7) is 2.98. The van der Waals surface area contributed by atoms with Gasteiger partial charge >= 0.3 is 0 Å². The molecule has 0 unspecified atom stereocenters. The maximum Gasteiger partial charge on any atom is 0.241 e. The van der Waals surface area contributed by atoms with Crippen LogP contribution in [0.5, 0.6) is 0 Å². The van der Waals surface area contributed by atoms with Gasteiger partial charge in [-0.25, -0.2) is 8.42 Å². The van der Waals surface area contributed by atoms with Gasteiger partial charge in [0.15, 0.2) is 0 Å². The van der Waals surface area contributed by atoms with Crippen LogP contribution in [0.15, 0.2) is 59.5 Å². The summed E-state index contributed by atoms with van der Waals surface area (Å²) < 4.78 is 33.7. The summed E-state index contributed by atoms with van der Waals surface area (Å²) in [4.78, 5) is 12.9. The van der Waals surface area contributed by atoms with Crippen molar-refractivity contribution >= 4 is 15.9 Å². The molecule has 150 valence electrons. The quantitative estimate of drug-likeness (QED) is 0.709. The highest BCUT2D eigenvalue weighted by Gasteiger charge is 2.27. The second kappa shape index (κ2) is 9.32. The molecule has 2 aromatic carbocycles. The van der Waals surface area contributed by atoms with Gasteiger partial charge in [0.1, 0.15) is 6.04 Å². The van der Waals surface area contributed by atoms with Crippen molar-refractivity contribution in [3.8, 4) is 0 Å². The highest BCUT2D eigenvalue weighted by Crippen LogP contribution is 2.14. The monoisotopic (exact) mass is 402 g/mol. The summed E-state index contributed by atoms with van der Waals surface area (Å²) in [5.74, 6) is -0.352. The van der Waals surface area contributed by atoms with Crippen LogP contribution in [0, 0.1) is 6.92 Å². The van der Waals surface area contributed by atoms with Gasteiger partial charge in [-0.05, 0) is 43.9 Å². The van der Waals surface area contributed by atoms with Crippen LogP contribution in [0.3, 0.4) is 0 Å². The van der Waals surface area contributed by atoms with E-state index in [-0.39, 0.29) is 23.3 Å². The molecule has 2 N–H and O–H groups in total. The second-order valence-corrected chi connectivity index (χ2v) is 8.77. The van der Waals surface area contributed by atoms with Crippen LogP contribution < -0.4 is 10.0 Å². The molecule has 0 radical (unpaired) electrons. The van der Waals surface area contributed by atoms with Crippen molar-refractivity contribution in [2.75, 3.05) is 13.2 Å². The maximum absolute atomic E-state index is 12.8. The molecule has 0 spiro atoms. The zero-order valence-corrected chi connectivity index (χ0v) is 16.7. The van der Waals surface area contributed by atoms with E-state index in [9.17, 15) is 13.2 Å². The fourth-order valence-electron chi connectivity index (χ4n) is 3.15. The van der Waals surface area contributed by atoms with Gasteiger partial charge < -0.3 is 10.1 Å². The minimum atomic E-state index is -3.82. The molecule has 0 aliphatic carbocycles. The van der Waals surface area contributed by atoms with E-state index in [0.29, 0.717) is 13.2 Å². The summed E-state index contributed by atoms with van der Waals surface area (Å²) in [6, 6.07) is 15.0. The number of hydrogen-bond acceptors (Lipinski definition) is 4. The molecule has 2 atom stereocenters. The Morgan fingerprint density at radius 3 is 2.50 bits per heavy atom. The normalized spacial score (nSPS) is 18.0. The van der Waals surface area contributed by atoms with E-state index in [1.165, 1.54) is 0 Å². The van der Waals surface area contributed by atoms with Gasteiger partial charge in [-0.3, -0.25) is 4.79 Å². The van der Waals surface area contributed by atoms with Gasteiger partial charge in [0.05, 0.1) is 11.0 Å². The Hall–Kier alpha value is -2.22. The Morgan fingerprint density at radius 1 is 1.14 bits per heavy atom. The zero-order chi connectivity index (χ0) is 20.0. The number of carbonyl (C=O) groups is 1. The lowest BCUT2D eigenvalue weighted by atomic mass is 10.1. The lowest BCUT2D eigenvalue weighted by Crippen LogP contribution is -2.49. The Bertz CT molecular complexity index is 876. The molecule has 3 rings (SSSR count). The average Bonchev–Trinajstić information content (AvgIpc) is 3.20. The van der Waals surface area contributed by atoms with Gasteiger partial charge in [0.2, 0.25) is 15.9 Å². The maximum atomic E-state index is 12.8. The molecular weight excluding hydrogens is 376 g/mol. The molecule has 1 heterocycles. The number of nitrogens with one attached hydrogen (secondary N) is 2. The van der Waals surface area contributed by atoms with Crippen molar-refractivity contribution < 1.29 is 17.9 Å². The molecule has 0 saturated carbocycles. The number of aryl methyl sites for hydroxylation is 1. The van der Waals surface area contributed by atoms with Gasteiger partial charge in [0.25, 0.3) is 0 Å². The fourth-order valence-corrected chi connectivity index (χ4v) is 4.35. The largest absolute Gasteiger partial charge is 0.376 e. The number of amides is 1. The molecule has 0 aromatic heterocycles. The van der Waals surface area contributed by atoms with Crippen molar-refractivity contribution in [2.45, 2.75) is 43.2 Å². The molecule has 7 heteroatoms. The van der Waals surface area contributed by atoms with Gasteiger partial charge in [-0.1, -0.05) is 48.0 Å². The Labute approximate surface area is 166 Å². The minimum absolute atomic E-state index is 0.00460. The molecule has 2 aromatic rings. The molecule has 28 heavy (non-hydrogen) atoms. The third kappa shape index (κ3) is 5.64. The van der Waals surface area contributed by atoms with E-state index in [1.54, 1.807) is 24.3 Å². The zero-order valence-electron chi connectivity index (χ0n) is 15.9.